The Hall–Kier alpha value is -0.120. The van der Waals surface area contributed by atoms with Crippen LogP contribution in [-0.4, -0.2) is 37.1 Å². The van der Waals surface area contributed by atoms with Crippen LogP contribution in [0, 0.1) is 17.8 Å². The Morgan fingerprint density at radius 1 is 1.12 bits per heavy atom. The standard InChI is InChI=1S/C14H24O3/c15-6-7-16-8-9-17-14-5-4-11(10-14)12-2-1-3-13(12)14/h11-13,15H,1-10H2. The molecule has 0 aromatic rings. The second-order valence-electron chi connectivity index (χ2n) is 5.95. The summed E-state index contributed by atoms with van der Waals surface area (Å²) in [4.78, 5) is 0. The number of ether oxygens (including phenoxy) is 2. The van der Waals surface area contributed by atoms with E-state index in [2.05, 4.69) is 0 Å². The number of hydrogen-bond donors (Lipinski definition) is 1. The molecule has 0 aliphatic heterocycles. The van der Waals surface area contributed by atoms with Crippen molar-refractivity contribution in [2.24, 2.45) is 17.8 Å². The Balaban J connectivity index is 1.51. The van der Waals surface area contributed by atoms with Gasteiger partial charge in [-0.15, -0.1) is 0 Å². The van der Waals surface area contributed by atoms with Gasteiger partial charge < -0.3 is 14.6 Å². The van der Waals surface area contributed by atoms with E-state index in [1.54, 1.807) is 0 Å². The Bertz CT molecular complexity index is 268. The largest absolute Gasteiger partial charge is 0.394 e. The second-order valence-corrected chi connectivity index (χ2v) is 5.95. The molecule has 3 fully saturated rings. The molecule has 3 nitrogen and oxygen atoms in total. The van der Waals surface area contributed by atoms with Crippen molar-refractivity contribution in [3.8, 4) is 0 Å². The molecule has 3 aliphatic carbocycles. The lowest BCUT2D eigenvalue weighted by atomic mass is 9.79. The SMILES string of the molecule is OCCOCCOC12CCC(C1)C1CCCC12. The van der Waals surface area contributed by atoms with Crippen molar-refractivity contribution >= 4 is 0 Å². The second kappa shape index (κ2) is 4.87. The smallest absolute Gasteiger partial charge is 0.0717 e. The maximum absolute atomic E-state index is 8.64. The monoisotopic (exact) mass is 240 g/mol. The van der Waals surface area contributed by atoms with Gasteiger partial charge in [-0.1, -0.05) is 6.42 Å². The van der Waals surface area contributed by atoms with E-state index < -0.39 is 0 Å². The van der Waals surface area contributed by atoms with Gasteiger partial charge in [0, 0.05) is 0 Å². The third kappa shape index (κ3) is 2.02. The first kappa shape index (κ1) is 11.9. The average Bonchev–Trinajstić information content (AvgIpc) is 3.01. The van der Waals surface area contributed by atoms with Gasteiger partial charge in [-0.3, -0.25) is 0 Å². The van der Waals surface area contributed by atoms with E-state index in [4.69, 9.17) is 14.6 Å². The van der Waals surface area contributed by atoms with Crippen LogP contribution in [0.2, 0.25) is 0 Å². The van der Waals surface area contributed by atoms with Crippen molar-refractivity contribution in [2.45, 2.75) is 44.1 Å². The first-order valence-corrected chi connectivity index (χ1v) is 7.18. The zero-order chi connectivity index (χ0) is 11.7. The van der Waals surface area contributed by atoms with Crippen LogP contribution in [0.5, 0.6) is 0 Å². The molecule has 2 bridgehead atoms. The summed E-state index contributed by atoms with van der Waals surface area (Å²) in [5, 5.41) is 8.64. The molecular weight excluding hydrogens is 216 g/mol. The molecule has 3 rings (SSSR count). The van der Waals surface area contributed by atoms with Crippen molar-refractivity contribution in [1.82, 2.24) is 0 Å². The highest BCUT2D eigenvalue weighted by atomic mass is 16.5. The third-order valence-corrected chi connectivity index (χ3v) is 5.25. The minimum atomic E-state index is 0.109. The van der Waals surface area contributed by atoms with Gasteiger partial charge >= 0.3 is 0 Å². The van der Waals surface area contributed by atoms with Gasteiger partial charge in [-0.25, -0.2) is 0 Å². The molecule has 0 amide bonds. The maximum atomic E-state index is 8.64. The molecular formula is C14H24O3. The quantitative estimate of drug-likeness (QED) is 0.722. The Morgan fingerprint density at radius 2 is 2.06 bits per heavy atom. The summed E-state index contributed by atoms with van der Waals surface area (Å²) in [6.45, 7) is 1.88. The zero-order valence-corrected chi connectivity index (χ0v) is 10.6. The number of aliphatic hydroxyl groups excluding tert-OH is 1. The summed E-state index contributed by atoms with van der Waals surface area (Å²) in [5.41, 5.74) is 0.217. The minimum absolute atomic E-state index is 0.109. The van der Waals surface area contributed by atoms with E-state index in [9.17, 15) is 0 Å². The van der Waals surface area contributed by atoms with E-state index >= 15 is 0 Å². The fraction of sp³-hybridized carbons (Fsp3) is 1.00. The van der Waals surface area contributed by atoms with Crippen LogP contribution in [0.3, 0.4) is 0 Å². The highest BCUT2D eigenvalue weighted by Crippen LogP contribution is 2.62. The van der Waals surface area contributed by atoms with Gasteiger partial charge in [0.15, 0.2) is 0 Å². The van der Waals surface area contributed by atoms with Crippen LogP contribution in [-0.2, 0) is 9.47 Å². The van der Waals surface area contributed by atoms with Gasteiger partial charge in [0.2, 0.25) is 0 Å². The fourth-order valence-electron chi connectivity index (χ4n) is 4.69. The van der Waals surface area contributed by atoms with Crippen LogP contribution >= 0.6 is 0 Å². The lowest BCUT2D eigenvalue weighted by Gasteiger charge is -2.36. The van der Waals surface area contributed by atoms with Crippen LogP contribution < -0.4 is 0 Å². The summed E-state index contributed by atoms with van der Waals surface area (Å²) in [6, 6.07) is 0. The van der Waals surface area contributed by atoms with E-state index in [0.717, 1.165) is 17.8 Å². The fourth-order valence-corrected chi connectivity index (χ4v) is 4.69. The predicted molar refractivity (Wildman–Crippen MR) is 64.8 cm³/mol. The van der Waals surface area contributed by atoms with Gasteiger partial charge in [-0.05, 0) is 49.9 Å². The summed E-state index contributed by atoms with van der Waals surface area (Å²) < 4.78 is 11.5. The molecule has 98 valence electrons. The number of rotatable bonds is 6. The van der Waals surface area contributed by atoms with E-state index in [0.29, 0.717) is 19.8 Å². The molecule has 4 atom stereocenters. The van der Waals surface area contributed by atoms with Crippen LogP contribution in [0.25, 0.3) is 0 Å². The molecule has 0 spiro atoms. The van der Waals surface area contributed by atoms with Crippen molar-refractivity contribution in [1.29, 1.82) is 0 Å². The van der Waals surface area contributed by atoms with Crippen molar-refractivity contribution < 1.29 is 14.6 Å². The molecule has 0 aromatic carbocycles. The van der Waals surface area contributed by atoms with Crippen LogP contribution in [0.4, 0.5) is 0 Å². The highest BCUT2D eigenvalue weighted by Gasteiger charge is 2.59. The molecule has 0 heterocycles. The Kier molecular flexibility index (Phi) is 3.42. The number of hydrogen-bond acceptors (Lipinski definition) is 3. The predicted octanol–water partition coefficient (Wildman–Crippen LogP) is 1.98. The number of aliphatic hydroxyl groups is 1. The molecule has 17 heavy (non-hydrogen) atoms. The molecule has 3 aliphatic rings. The van der Waals surface area contributed by atoms with Crippen LogP contribution in [0.1, 0.15) is 38.5 Å². The Labute approximate surface area is 103 Å². The lowest BCUT2D eigenvalue weighted by Crippen LogP contribution is -2.38. The van der Waals surface area contributed by atoms with Crippen LogP contribution in [0.15, 0.2) is 0 Å². The normalized spacial score (nSPS) is 43.2. The molecule has 1 N–H and O–H groups in total. The summed E-state index contributed by atoms with van der Waals surface area (Å²) in [5.74, 6) is 2.78. The highest BCUT2D eigenvalue weighted by molar-refractivity contribution is 5.09. The summed E-state index contributed by atoms with van der Waals surface area (Å²) in [7, 11) is 0. The average molecular weight is 240 g/mol. The maximum Gasteiger partial charge on any atom is 0.0717 e. The molecule has 0 saturated heterocycles. The first-order valence-electron chi connectivity index (χ1n) is 7.18. The first-order chi connectivity index (χ1) is 8.36. The molecule has 3 saturated carbocycles. The van der Waals surface area contributed by atoms with Crippen molar-refractivity contribution in [2.75, 3.05) is 26.4 Å². The van der Waals surface area contributed by atoms with E-state index in [1.165, 1.54) is 38.5 Å². The molecule has 0 aromatic heterocycles. The lowest BCUT2D eigenvalue weighted by molar-refractivity contribution is -0.0949. The van der Waals surface area contributed by atoms with Gasteiger partial charge in [0.1, 0.15) is 0 Å². The van der Waals surface area contributed by atoms with E-state index in [-0.39, 0.29) is 12.2 Å². The van der Waals surface area contributed by atoms with Gasteiger partial charge in [0.05, 0.1) is 32.0 Å². The third-order valence-electron chi connectivity index (χ3n) is 5.25. The zero-order valence-electron chi connectivity index (χ0n) is 10.6. The molecule has 0 radical (unpaired) electrons. The topological polar surface area (TPSA) is 38.7 Å². The minimum Gasteiger partial charge on any atom is -0.394 e. The van der Waals surface area contributed by atoms with Crippen molar-refractivity contribution in [3.63, 3.8) is 0 Å². The summed E-state index contributed by atoms with van der Waals surface area (Å²) >= 11 is 0. The molecule has 3 heteroatoms. The van der Waals surface area contributed by atoms with Gasteiger partial charge in [0.25, 0.3) is 0 Å². The number of fused-ring (bicyclic) bond motifs is 5. The van der Waals surface area contributed by atoms with Crippen molar-refractivity contribution in [3.05, 3.63) is 0 Å². The molecule has 4 unspecified atom stereocenters. The summed E-state index contributed by atoms with van der Waals surface area (Å²) in [6.07, 6.45) is 8.22. The Morgan fingerprint density at radius 3 is 2.94 bits per heavy atom. The van der Waals surface area contributed by atoms with E-state index in [1.807, 2.05) is 0 Å². The van der Waals surface area contributed by atoms with Gasteiger partial charge in [-0.2, -0.15) is 0 Å².